The van der Waals surface area contributed by atoms with Crippen LogP contribution in [0.1, 0.15) is 0 Å². The average molecular weight is 624 g/mol. The van der Waals surface area contributed by atoms with E-state index in [0.29, 0.717) is 0 Å². The molecule has 49 heavy (non-hydrogen) atoms. The van der Waals surface area contributed by atoms with E-state index < -0.39 is 0 Å². The molecule has 0 saturated heterocycles. The van der Waals surface area contributed by atoms with E-state index in [2.05, 4.69) is 147 Å². The van der Waals surface area contributed by atoms with Crippen LogP contribution < -0.4 is 0 Å². The third-order valence-electron chi connectivity index (χ3n) is 10.5. The Hall–Kier alpha value is -6.72. The first kappa shape index (κ1) is 25.4. The molecule has 5 aromatic heterocycles. The molecule has 7 aromatic carbocycles. The standard InChI is InChI=1S/C44H25N5/c1-2-11-26(12-3-1)47-36-19-8-4-13-28(36)29-22-21-27(25-39(29)47)48-37-20-9-5-14-32(37)40-38(48)24-23-31-30-15-10-16-33-41-44(49(42(30)33)43(31)40)46-35-18-7-6-17-34(35)45-41/h1-25H. The first-order valence-electron chi connectivity index (χ1n) is 16.7. The van der Waals surface area contributed by atoms with Crippen LogP contribution in [0, 0.1) is 0 Å². The summed E-state index contributed by atoms with van der Waals surface area (Å²) < 4.78 is 7.21. The van der Waals surface area contributed by atoms with Gasteiger partial charge in [0, 0.05) is 49.1 Å². The summed E-state index contributed by atoms with van der Waals surface area (Å²) in [5, 5.41) is 8.53. The lowest BCUT2D eigenvalue weighted by Crippen LogP contribution is -1.96. The van der Waals surface area contributed by atoms with Gasteiger partial charge in [0.15, 0.2) is 5.65 Å². The molecule has 0 aliphatic rings. The molecule has 5 heterocycles. The lowest BCUT2D eigenvalue weighted by atomic mass is 10.1. The zero-order valence-corrected chi connectivity index (χ0v) is 26.2. The Labute approximate surface area is 278 Å². The van der Waals surface area contributed by atoms with Gasteiger partial charge in [0.2, 0.25) is 0 Å². The maximum Gasteiger partial charge on any atom is 0.165 e. The Bertz CT molecular complexity index is 3330. The molecule has 0 saturated carbocycles. The SMILES string of the molecule is c1ccc(-n2c3ccccc3c3ccc(-n4c5ccccc5c5c4ccc4c6cccc7c8nc9ccccc9nc8n(c67)c45)cc32)cc1. The molecule has 12 aromatic rings. The van der Waals surface area contributed by atoms with Crippen molar-refractivity contribution in [1.82, 2.24) is 23.5 Å². The molecule has 0 aliphatic heterocycles. The summed E-state index contributed by atoms with van der Waals surface area (Å²) in [5.41, 5.74) is 13.0. The van der Waals surface area contributed by atoms with Crippen molar-refractivity contribution >= 4 is 93.0 Å². The predicted molar refractivity (Wildman–Crippen MR) is 203 cm³/mol. The second-order valence-corrected chi connectivity index (χ2v) is 13.0. The number of para-hydroxylation sites is 6. The molecule has 0 spiro atoms. The maximum atomic E-state index is 5.25. The molecule has 0 bridgehead atoms. The first-order chi connectivity index (χ1) is 24.3. The second-order valence-electron chi connectivity index (χ2n) is 13.0. The minimum absolute atomic E-state index is 0.901. The molecule has 5 nitrogen and oxygen atoms in total. The average Bonchev–Trinajstić information content (AvgIpc) is 3.88. The van der Waals surface area contributed by atoms with Crippen LogP contribution in [0.15, 0.2) is 152 Å². The molecule has 12 rings (SSSR count). The predicted octanol–water partition coefficient (Wildman–Crippen LogP) is 11.0. The third kappa shape index (κ3) is 3.15. The van der Waals surface area contributed by atoms with Gasteiger partial charge in [-0.3, -0.25) is 4.40 Å². The zero-order chi connectivity index (χ0) is 31.8. The van der Waals surface area contributed by atoms with Gasteiger partial charge in [-0.25, -0.2) is 9.97 Å². The van der Waals surface area contributed by atoms with Crippen LogP contribution in [0.4, 0.5) is 0 Å². The summed E-state index contributed by atoms with van der Waals surface area (Å²) >= 11 is 0. The lowest BCUT2D eigenvalue weighted by Gasteiger charge is -2.11. The molecular formula is C44H25N5. The summed E-state index contributed by atoms with van der Waals surface area (Å²) in [6, 6.07) is 54.5. The first-order valence-corrected chi connectivity index (χ1v) is 16.7. The normalized spacial score (nSPS) is 12.5. The number of rotatable bonds is 2. The Balaban J connectivity index is 1.24. The molecule has 0 amide bonds. The van der Waals surface area contributed by atoms with Gasteiger partial charge in [0.25, 0.3) is 0 Å². The van der Waals surface area contributed by atoms with Crippen LogP contribution in [0.5, 0.6) is 0 Å². The summed E-state index contributed by atoms with van der Waals surface area (Å²) in [7, 11) is 0. The fourth-order valence-electron chi connectivity index (χ4n) is 8.57. The zero-order valence-electron chi connectivity index (χ0n) is 26.2. The highest BCUT2D eigenvalue weighted by atomic mass is 15.0. The summed E-state index contributed by atoms with van der Waals surface area (Å²) in [4.78, 5) is 10.4. The van der Waals surface area contributed by atoms with Gasteiger partial charge < -0.3 is 9.13 Å². The lowest BCUT2D eigenvalue weighted by molar-refractivity contribution is 1.15. The van der Waals surface area contributed by atoms with E-state index >= 15 is 0 Å². The smallest absolute Gasteiger partial charge is 0.165 e. The Kier molecular flexibility index (Phi) is 4.66. The number of hydrogen-bond acceptors (Lipinski definition) is 2. The fraction of sp³-hybridized carbons (Fsp3) is 0. The van der Waals surface area contributed by atoms with E-state index in [4.69, 9.17) is 9.97 Å². The van der Waals surface area contributed by atoms with Crippen molar-refractivity contribution in [3.8, 4) is 11.4 Å². The topological polar surface area (TPSA) is 40.0 Å². The van der Waals surface area contributed by atoms with Crippen molar-refractivity contribution < 1.29 is 0 Å². The van der Waals surface area contributed by atoms with Gasteiger partial charge in [-0.1, -0.05) is 97.1 Å². The fourth-order valence-corrected chi connectivity index (χ4v) is 8.57. The van der Waals surface area contributed by atoms with Crippen molar-refractivity contribution in [3.63, 3.8) is 0 Å². The van der Waals surface area contributed by atoms with Crippen LogP contribution in [-0.2, 0) is 0 Å². The maximum absolute atomic E-state index is 5.25. The molecule has 0 N–H and O–H groups in total. The van der Waals surface area contributed by atoms with E-state index in [-0.39, 0.29) is 0 Å². The summed E-state index contributed by atoms with van der Waals surface area (Å²) in [5.74, 6) is 0. The molecule has 0 unspecified atom stereocenters. The molecule has 0 aliphatic carbocycles. The molecule has 0 fully saturated rings. The number of nitrogens with zero attached hydrogens (tertiary/aromatic N) is 5. The van der Waals surface area contributed by atoms with Crippen LogP contribution in [-0.4, -0.2) is 23.5 Å². The molecule has 0 radical (unpaired) electrons. The van der Waals surface area contributed by atoms with Crippen molar-refractivity contribution in [2.75, 3.05) is 0 Å². The quantitative estimate of drug-likeness (QED) is 0.192. The second kappa shape index (κ2) is 9.00. The Morgan fingerprint density at radius 1 is 0.367 bits per heavy atom. The van der Waals surface area contributed by atoms with E-state index in [1.54, 1.807) is 0 Å². The largest absolute Gasteiger partial charge is 0.309 e. The van der Waals surface area contributed by atoms with Crippen molar-refractivity contribution in [2.45, 2.75) is 0 Å². The van der Waals surface area contributed by atoms with E-state index in [9.17, 15) is 0 Å². The van der Waals surface area contributed by atoms with Crippen LogP contribution in [0.3, 0.4) is 0 Å². The number of benzene rings is 7. The van der Waals surface area contributed by atoms with Crippen LogP contribution >= 0.6 is 0 Å². The van der Waals surface area contributed by atoms with Gasteiger partial charge in [-0.2, -0.15) is 0 Å². The molecule has 226 valence electrons. The highest BCUT2D eigenvalue weighted by Crippen LogP contribution is 2.44. The highest BCUT2D eigenvalue weighted by Gasteiger charge is 2.24. The van der Waals surface area contributed by atoms with E-state index in [0.717, 1.165) is 39.0 Å². The van der Waals surface area contributed by atoms with Crippen molar-refractivity contribution in [3.05, 3.63) is 152 Å². The summed E-state index contributed by atoms with van der Waals surface area (Å²) in [6.07, 6.45) is 0. The van der Waals surface area contributed by atoms with Gasteiger partial charge in [-0.15, -0.1) is 0 Å². The highest BCUT2D eigenvalue weighted by molar-refractivity contribution is 6.30. The van der Waals surface area contributed by atoms with Gasteiger partial charge in [0.1, 0.15) is 5.52 Å². The Morgan fingerprint density at radius 2 is 0.980 bits per heavy atom. The molecule has 0 atom stereocenters. The molecular weight excluding hydrogens is 599 g/mol. The number of fused-ring (bicyclic) bond motifs is 14. The Morgan fingerprint density at radius 3 is 1.84 bits per heavy atom. The monoisotopic (exact) mass is 623 g/mol. The van der Waals surface area contributed by atoms with Crippen LogP contribution in [0.2, 0.25) is 0 Å². The van der Waals surface area contributed by atoms with Gasteiger partial charge >= 0.3 is 0 Å². The minimum atomic E-state index is 0.901. The number of hydrogen-bond donors (Lipinski definition) is 0. The minimum Gasteiger partial charge on any atom is -0.309 e. The van der Waals surface area contributed by atoms with E-state index in [1.807, 2.05) is 18.2 Å². The summed E-state index contributed by atoms with van der Waals surface area (Å²) in [6.45, 7) is 0. The third-order valence-corrected chi connectivity index (χ3v) is 10.5. The van der Waals surface area contributed by atoms with Gasteiger partial charge in [0.05, 0.1) is 44.1 Å². The number of aromatic nitrogens is 5. The van der Waals surface area contributed by atoms with E-state index in [1.165, 1.54) is 65.4 Å². The van der Waals surface area contributed by atoms with Gasteiger partial charge in [-0.05, 0) is 54.6 Å². The van der Waals surface area contributed by atoms with Crippen LogP contribution in [0.25, 0.3) is 104 Å². The van der Waals surface area contributed by atoms with Crippen molar-refractivity contribution in [2.24, 2.45) is 0 Å². The molecule has 5 heteroatoms. The van der Waals surface area contributed by atoms with Crippen molar-refractivity contribution in [1.29, 1.82) is 0 Å².